The molecule has 1 aliphatic rings. The summed E-state index contributed by atoms with van der Waals surface area (Å²) in [4.78, 5) is 2.39. The van der Waals surface area contributed by atoms with Crippen molar-refractivity contribution in [1.29, 1.82) is 0 Å². The number of hydrogen-bond donors (Lipinski definition) is 1. The van der Waals surface area contributed by atoms with Crippen molar-refractivity contribution in [3.63, 3.8) is 0 Å². The third-order valence-electron chi connectivity index (χ3n) is 2.92. The van der Waals surface area contributed by atoms with Gasteiger partial charge in [-0.1, -0.05) is 0 Å². The Morgan fingerprint density at radius 1 is 1.18 bits per heavy atom. The van der Waals surface area contributed by atoms with Gasteiger partial charge in [0.2, 0.25) is 0 Å². The van der Waals surface area contributed by atoms with Gasteiger partial charge in [0.1, 0.15) is 18.2 Å². The summed E-state index contributed by atoms with van der Waals surface area (Å²) < 4.78 is 18.2. The highest BCUT2D eigenvalue weighted by Gasteiger charge is 2.07. The van der Waals surface area contributed by atoms with Crippen LogP contribution in [-0.2, 0) is 0 Å². The molecule has 0 radical (unpaired) electrons. The fraction of sp³-hybridized carbons (Fsp3) is 0.538. The molecule has 0 spiro atoms. The predicted octanol–water partition coefficient (Wildman–Crippen LogP) is 1.50. The molecule has 17 heavy (non-hydrogen) atoms. The van der Waals surface area contributed by atoms with Crippen molar-refractivity contribution in [3.05, 3.63) is 30.1 Å². The van der Waals surface area contributed by atoms with Gasteiger partial charge in [0.05, 0.1) is 0 Å². The van der Waals surface area contributed by atoms with E-state index >= 15 is 0 Å². The standard InChI is InChI=1S/C13H19FN2O/c14-12-2-4-13(5-3-12)17-11-10-16-8-1-6-15-7-9-16/h2-5,15H,1,6-11H2. The van der Waals surface area contributed by atoms with Crippen LogP contribution in [-0.4, -0.2) is 44.2 Å². The van der Waals surface area contributed by atoms with Crippen LogP contribution < -0.4 is 10.1 Å². The van der Waals surface area contributed by atoms with Crippen LogP contribution in [0.2, 0.25) is 0 Å². The van der Waals surface area contributed by atoms with E-state index in [1.165, 1.54) is 18.6 Å². The molecule has 0 aromatic heterocycles. The van der Waals surface area contributed by atoms with E-state index < -0.39 is 0 Å². The van der Waals surface area contributed by atoms with Crippen LogP contribution >= 0.6 is 0 Å². The summed E-state index contributed by atoms with van der Waals surface area (Å²) in [7, 11) is 0. The second-order valence-corrected chi connectivity index (χ2v) is 4.25. The van der Waals surface area contributed by atoms with Crippen molar-refractivity contribution < 1.29 is 9.13 Å². The Bertz CT molecular complexity index is 321. The van der Waals surface area contributed by atoms with Crippen molar-refractivity contribution in [3.8, 4) is 5.75 Å². The summed E-state index contributed by atoms with van der Waals surface area (Å²) in [5.74, 6) is 0.510. The number of rotatable bonds is 4. The van der Waals surface area contributed by atoms with E-state index in [1.54, 1.807) is 12.1 Å². The van der Waals surface area contributed by atoms with Crippen molar-refractivity contribution in [2.45, 2.75) is 6.42 Å². The molecule has 1 fully saturated rings. The molecule has 1 N–H and O–H groups in total. The minimum absolute atomic E-state index is 0.226. The quantitative estimate of drug-likeness (QED) is 0.860. The van der Waals surface area contributed by atoms with Gasteiger partial charge in [0, 0.05) is 19.6 Å². The average molecular weight is 238 g/mol. The summed E-state index contributed by atoms with van der Waals surface area (Å²) in [6.45, 7) is 5.95. The lowest BCUT2D eigenvalue weighted by Crippen LogP contribution is -2.31. The third kappa shape index (κ3) is 4.32. The Morgan fingerprint density at radius 2 is 2.00 bits per heavy atom. The first-order valence-electron chi connectivity index (χ1n) is 6.16. The summed E-state index contributed by atoms with van der Waals surface area (Å²) in [6.07, 6.45) is 1.19. The highest BCUT2D eigenvalue weighted by atomic mass is 19.1. The monoisotopic (exact) mass is 238 g/mol. The van der Waals surface area contributed by atoms with Crippen LogP contribution in [0, 0.1) is 5.82 Å². The van der Waals surface area contributed by atoms with Crippen molar-refractivity contribution in [1.82, 2.24) is 10.2 Å². The fourth-order valence-electron chi connectivity index (χ4n) is 1.95. The first-order valence-corrected chi connectivity index (χ1v) is 6.16. The van der Waals surface area contributed by atoms with Crippen molar-refractivity contribution >= 4 is 0 Å². The number of ether oxygens (including phenoxy) is 1. The van der Waals surface area contributed by atoms with Crippen LogP contribution in [0.3, 0.4) is 0 Å². The average Bonchev–Trinajstić information content (AvgIpc) is 2.60. The Morgan fingerprint density at radius 3 is 2.82 bits per heavy atom. The van der Waals surface area contributed by atoms with Crippen LogP contribution in [0.25, 0.3) is 0 Å². The summed E-state index contributed by atoms with van der Waals surface area (Å²) in [6, 6.07) is 6.18. The highest BCUT2D eigenvalue weighted by molar-refractivity contribution is 5.21. The van der Waals surface area contributed by atoms with Gasteiger partial charge < -0.3 is 10.1 Å². The molecule has 4 heteroatoms. The molecule has 0 bridgehead atoms. The minimum atomic E-state index is -0.226. The third-order valence-corrected chi connectivity index (χ3v) is 2.92. The maximum Gasteiger partial charge on any atom is 0.123 e. The SMILES string of the molecule is Fc1ccc(OCCN2CCCNCC2)cc1. The Kier molecular flexibility index (Phi) is 4.76. The molecule has 0 atom stereocenters. The molecule has 3 nitrogen and oxygen atoms in total. The van der Waals surface area contributed by atoms with E-state index in [1.807, 2.05) is 0 Å². The molecule has 0 amide bonds. The van der Waals surface area contributed by atoms with E-state index in [0.29, 0.717) is 6.61 Å². The second-order valence-electron chi connectivity index (χ2n) is 4.25. The molecule has 1 aromatic rings. The topological polar surface area (TPSA) is 24.5 Å². The van der Waals surface area contributed by atoms with Gasteiger partial charge in [0.25, 0.3) is 0 Å². The maximum absolute atomic E-state index is 12.7. The zero-order chi connectivity index (χ0) is 11.9. The molecule has 1 aromatic carbocycles. The molecule has 0 unspecified atom stereocenters. The number of nitrogens with zero attached hydrogens (tertiary/aromatic N) is 1. The molecule has 1 aliphatic heterocycles. The largest absolute Gasteiger partial charge is 0.492 e. The Hall–Kier alpha value is -1.13. The van der Waals surface area contributed by atoms with Crippen molar-refractivity contribution in [2.24, 2.45) is 0 Å². The second kappa shape index (κ2) is 6.57. The Labute approximate surface area is 102 Å². The fourth-order valence-corrected chi connectivity index (χ4v) is 1.95. The molecule has 1 heterocycles. The lowest BCUT2D eigenvalue weighted by Gasteiger charge is -2.19. The van der Waals surface area contributed by atoms with Gasteiger partial charge in [-0.25, -0.2) is 4.39 Å². The van der Waals surface area contributed by atoms with Gasteiger partial charge in [-0.15, -0.1) is 0 Å². The zero-order valence-corrected chi connectivity index (χ0v) is 9.99. The van der Waals surface area contributed by atoms with E-state index in [4.69, 9.17) is 4.74 Å². The molecule has 0 aliphatic carbocycles. The zero-order valence-electron chi connectivity index (χ0n) is 9.99. The smallest absolute Gasteiger partial charge is 0.123 e. The van der Waals surface area contributed by atoms with Crippen LogP contribution in [0.15, 0.2) is 24.3 Å². The number of benzene rings is 1. The lowest BCUT2D eigenvalue weighted by atomic mass is 10.3. The number of nitrogens with one attached hydrogen (secondary N) is 1. The van der Waals surface area contributed by atoms with Crippen LogP contribution in [0.1, 0.15) is 6.42 Å². The lowest BCUT2D eigenvalue weighted by molar-refractivity contribution is 0.217. The molecule has 94 valence electrons. The molecule has 0 saturated carbocycles. The first-order chi connectivity index (χ1) is 8.34. The Balaban J connectivity index is 1.69. The highest BCUT2D eigenvalue weighted by Crippen LogP contribution is 2.10. The molecule has 1 saturated heterocycles. The maximum atomic E-state index is 12.7. The van der Waals surface area contributed by atoms with Gasteiger partial charge in [-0.3, -0.25) is 4.90 Å². The van der Waals surface area contributed by atoms with E-state index in [-0.39, 0.29) is 5.82 Å². The van der Waals surface area contributed by atoms with Gasteiger partial charge in [-0.2, -0.15) is 0 Å². The van der Waals surface area contributed by atoms with E-state index in [0.717, 1.165) is 38.5 Å². The van der Waals surface area contributed by atoms with Gasteiger partial charge in [-0.05, 0) is 43.8 Å². The van der Waals surface area contributed by atoms with Crippen molar-refractivity contribution in [2.75, 3.05) is 39.3 Å². The normalized spacial score (nSPS) is 17.7. The summed E-state index contributed by atoms with van der Waals surface area (Å²) in [5.41, 5.74) is 0. The predicted molar refractivity (Wildman–Crippen MR) is 65.8 cm³/mol. The molecular weight excluding hydrogens is 219 g/mol. The summed E-state index contributed by atoms with van der Waals surface area (Å²) in [5, 5.41) is 3.37. The molecular formula is C13H19FN2O. The van der Waals surface area contributed by atoms with Crippen LogP contribution in [0.5, 0.6) is 5.75 Å². The van der Waals surface area contributed by atoms with Crippen LogP contribution in [0.4, 0.5) is 4.39 Å². The number of halogens is 1. The van der Waals surface area contributed by atoms with E-state index in [2.05, 4.69) is 10.2 Å². The van der Waals surface area contributed by atoms with Gasteiger partial charge in [0.15, 0.2) is 0 Å². The molecule has 2 rings (SSSR count). The van der Waals surface area contributed by atoms with Gasteiger partial charge >= 0.3 is 0 Å². The summed E-state index contributed by atoms with van der Waals surface area (Å²) >= 11 is 0. The number of hydrogen-bond acceptors (Lipinski definition) is 3. The first kappa shape index (κ1) is 12.3. The van der Waals surface area contributed by atoms with E-state index in [9.17, 15) is 4.39 Å². The minimum Gasteiger partial charge on any atom is -0.492 e.